The minimum atomic E-state index is 0.124. The van der Waals surface area contributed by atoms with Crippen molar-refractivity contribution in [2.24, 2.45) is 4.99 Å². The molecule has 0 unspecified atom stereocenters. The lowest BCUT2D eigenvalue weighted by Crippen LogP contribution is -1.94. The van der Waals surface area contributed by atoms with Gasteiger partial charge in [0, 0.05) is 29.8 Å². The Balaban J connectivity index is 1.81. The van der Waals surface area contributed by atoms with Gasteiger partial charge in [-0.3, -0.25) is 4.99 Å². The molecule has 0 amide bonds. The van der Waals surface area contributed by atoms with Crippen molar-refractivity contribution in [1.29, 1.82) is 5.26 Å². The second-order valence-corrected chi connectivity index (χ2v) is 6.09. The third kappa shape index (κ3) is 5.04. The van der Waals surface area contributed by atoms with Crippen LogP contribution in [0, 0.1) is 11.3 Å². The number of ether oxygens (including phenoxy) is 1. The highest BCUT2D eigenvalue weighted by Crippen LogP contribution is 2.28. The lowest BCUT2D eigenvalue weighted by Gasteiger charge is -2.07. The molecule has 24 heavy (non-hydrogen) atoms. The molecule has 0 saturated carbocycles. The van der Waals surface area contributed by atoms with Crippen LogP contribution in [0.3, 0.4) is 0 Å². The molecule has 2 aromatic rings. The minimum Gasteiger partial charge on any atom is -0.504 e. The predicted octanol–water partition coefficient (Wildman–Crippen LogP) is 4.01. The number of hydrogen-bond acceptors (Lipinski definition) is 5. The topological polar surface area (TPSA) is 65.6 Å². The van der Waals surface area contributed by atoms with E-state index in [9.17, 15) is 5.11 Å². The standard InChI is InChI=1S/C19H20N2O2S/c1-2-23-18-9-5-8-16(19(18)22)13-21-10-11-24-14-17-7-4-3-6-15(17)12-20/h3-9,13,22H,2,10-11,14H2,1H3. The Morgan fingerprint density at radius 2 is 2.08 bits per heavy atom. The summed E-state index contributed by atoms with van der Waals surface area (Å²) in [6, 6.07) is 15.2. The van der Waals surface area contributed by atoms with Crippen LogP contribution in [-0.4, -0.2) is 30.2 Å². The van der Waals surface area contributed by atoms with E-state index in [4.69, 9.17) is 10.00 Å². The number of rotatable bonds is 8. The van der Waals surface area contributed by atoms with Gasteiger partial charge in [0.25, 0.3) is 0 Å². The smallest absolute Gasteiger partial charge is 0.166 e. The highest BCUT2D eigenvalue weighted by Gasteiger charge is 2.05. The lowest BCUT2D eigenvalue weighted by molar-refractivity contribution is 0.318. The number of nitrogens with zero attached hydrogens (tertiary/aromatic N) is 2. The quantitative estimate of drug-likeness (QED) is 0.582. The molecule has 0 aliphatic carbocycles. The molecular formula is C19H20N2O2S. The van der Waals surface area contributed by atoms with Crippen molar-refractivity contribution in [2.45, 2.75) is 12.7 Å². The van der Waals surface area contributed by atoms with Crippen molar-refractivity contribution in [1.82, 2.24) is 0 Å². The van der Waals surface area contributed by atoms with Crippen LogP contribution in [0.2, 0.25) is 0 Å². The first-order valence-electron chi connectivity index (χ1n) is 7.76. The van der Waals surface area contributed by atoms with Gasteiger partial charge in [-0.15, -0.1) is 0 Å². The molecule has 0 bridgehead atoms. The zero-order chi connectivity index (χ0) is 17.2. The van der Waals surface area contributed by atoms with Gasteiger partial charge in [-0.05, 0) is 30.7 Å². The van der Waals surface area contributed by atoms with Crippen LogP contribution in [0.15, 0.2) is 47.5 Å². The van der Waals surface area contributed by atoms with E-state index in [1.54, 1.807) is 30.1 Å². The molecule has 2 rings (SSSR count). The molecule has 0 radical (unpaired) electrons. The average molecular weight is 340 g/mol. The summed E-state index contributed by atoms with van der Waals surface area (Å²) < 4.78 is 5.35. The van der Waals surface area contributed by atoms with Gasteiger partial charge in [-0.25, -0.2) is 0 Å². The molecule has 0 saturated heterocycles. The van der Waals surface area contributed by atoms with E-state index in [1.807, 2.05) is 37.3 Å². The molecule has 124 valence electrons. The van der Waals surface area contributed by atoms with Gasteiger partial charge in [0.1, 0.15) is 0 Å². The Bertz CT molecular complexity index is 738. The van der Waals surface area contributed by atoms with E-state index in [0.717, 1.165) is 22.6 Å². The average Bonchev–Trinajstić information content (AvgIpc) is 2.61. The number of thioether (sulfide) groups is 1. The van der Waals surface area contributed by atoms with E-state index in [0.29, 0.717) is 24.5 Å². The maximum absolute atomic E-state index is 10.1. The fourth-order valence-corrected chi connectivity index (χ4v) is 2.98. The molecule has 0 atom stereocenters. The van der Waals surface area contributed by atoms with E-state index in [2.05, 4.69) is 11.1 Å². The fraction of sp³-hybridized carbons (Fsp3) is 0.263. The second-order valence-electron chi connectivity index (χ2n) is 4.98. The number of phenolic OH excluding ortho intramolecular Hbond substituents is 1. The van der Waals surface area contributed by atoms with E-state index in [-0.39, 0.29) is 5.75 Å². The van der Waals surface area contributed by atoms with Gasteiger partial charge in [0.05, 0.1) is 18.2 Å². The minimum absolute atomic E-state index is 0.124. The van der Waals surface area contributed by atoms with Gasteiger partial charge in [0.2, 0.25) is 0 Å². The Morgan fingerprint density at radius 1 is 1.25 bits per heavy atom. The van der Waals surface area contributed by atoms with Gasteiger partial charge < -0.3 is 9.84 Å². The zero-order valence-corrected chi connectivity index (χ0v) is 14.4. The third-order valence-electron chi connectivity index (χ3n) is 3.32. The van der Waals surface area contributed by atoms with E-state index >= 15 is 0 Å². The summed E-state index contributed by atoms with van der Waals surface area (Å²) in [5.41, 5.74) is 2.43. The number of nitriles is 1. The van der Waals surface area contributed by atoms with E-state index in [1.165, 1.54) is 0 Å². The molecular weight excluding hydrogens is 320 g/mol. The van der Waals surface area contributed by atoms with E-state index < -0.39 is 0 Å². The third-order valence-corrected chi connectivity index (χ3v) is 4.31. The Morgan fingerprint density at radius 3 is 2.88 bits per heavy atom. The van der Waals surface area contributed by atoms with Crippen molar-refractivity contribution in [3.05, 3.63) is 59.2 Å². The zero-order valence-electron chi connectivity index (χ0n) is 13.6. The first-order chi connectivity index (χ1) is 11.8. The maximum atomic E-state index is 10.1. The summed E-state index contributed by atoms with van der Waals surface area (Å²) >= 11 is 1.73. The summed E-state index contributed by atoms with van der Waals surface area (Å²) in [7, 11) is 0. The summed E-state index contributed by atoms with van der Waals surface area (Å²) in [6.45, 7) is 3.04. The van der Waals surface area contributed by atoms with Crippen molar-refractivity contribution in [2.75, 3.05) is 18.9 Å². The van der Waals surface area contributed by atoms with Crippen molar-refractivity contribution < 1.29 is 9.84 Å². The van der Waals surface area contributed by atoms with Crippen molar-refractivity contribution in [3.8, 4) is 17.6 Å². The highest BCUT2D eigenvalue weighted by molar-refractivity contribution is 7.98. The molecule has 4 nitrogen and oxygen atoms in total. The Labute approximate surface area is 146 Å². The second kappa shape index (κ2) is 9.64. The van der Waals surface area contributed by atoms with Crippen LogP contribution in [0.25, 0.3) is 0 Å². The van der Waals surface area contributed by atoms with Gasteiger partial charge >= 0.3 is 0 Å². The Kier molecular flexibility index (Phi) is 7.19. The van der Waals surface area contributed by atoms with Crippen LogP contribution < -0.4 is 4.74 Å². The largest absolute Gasteiger partial charge is 0.504 e. The lowest BCUT2D eigenvalue weighted by atomic mass is 10.1. The van der Waals surface area contributed by atoms with Crippen molar-refractivity contribution >= 4 is 18.0 Å². The summed E-state index contributed by atoms with van der Waals surface area (Å²) in [5.74, 6) is 2.25. The predicted molar refractivity (Wildman–Crippen MR) is 99.1 cm³/mol. The summed E-state index contributed by atoms with van der Waals surface area (Å²) in [5, 5.41) is 19.1. The van der Waals surface area contributed by atoms with Gasteiger partial charge in [0.15, 0.2) is 11.5 Å². The first kappa shape index (κ1) is 17.9. The molecule has 0 aromatic heterocycles. The number of hydrogen-bond donors (Lipinski definition) is 1. The normalized spacial score (nSPS) is 10.7. The number of aromatic hydroxyl groups is 1. The first-order valence-corrected chi connectivity index (χ1v) is 8.92. The van der Waals surface area contributed by atoms with Crippen LogP contribution in [0.4, 0.5) is 0 Å². The summed E-state index contributed by atoms with van der Waals surface area (Å²) in [4.78, 5) is 4.35. The Hall–Kier alpha value is -2.45. The molecule has 1 N–H and O–H groups in total. The monoisotopic (exact) mass is 340 g/mol. The van der Waals surface area contributed by atoms with Crippen molar-refractivity contribution in [3.63, 3.8) is 0 Å². The number of benzene rings is 2. The summed E-state index contributed by atoms with van der Waals surface area (Å²) in [6.07, 6.45) is 1.67. The number of aliphatic imine (C=N–C) groups is 1. The highest BCUT2D eigenvalue weighted by atomic mass is 32.2. The molecule has 0 aliphatic heterocycles. The van der Waals surface area contributed by atoms with Gasteiger partial charge in [-0.2, -0.15) is 17.0 Å². The molecule has 0 fully saturated rings. The maximum Gasteiger partial charge on any atom is 0.166 e. The van der Waals surface area contributed by atoms with Crippen LogP contribution in [0.5, 0.6) is 11.5 Å². The molecule has 0 heterocycles. The van der Waals surface area contributed by atoms with Crippen LogP contribution in [-0.2, 0) is 5.75 Å². The van der Waals surface area contributed by atoms with Crippen LogP contribution >= 0.6 is 11.8 Å². The molecule has 0 aliphatic rings. The number of para-hydroxylation sites is 1. The molecule has 2 aromatic carbocycles. The van der Waals surface area contributed by atoms with Gasteiger partial charge in [-0.1, -0.05) is 24.3 Å². The van der Waals surface area contributed by atoms with Crippen LogP contribution in [0.1, 0.15) is 23.6 Å². The molecule has 5 heteroatoms. The fourth-order valence-electron chi connectivity index (χ4n) is 2.13. The molecule has 0 spiro atoms. The number of phenols is 1. The SMILES string of the molecule is CCOc1cccc(C=NCCSCc2ccccc2C#N)c1O.